The zero-order chi connectivity index (χ0) is 10.8. The van der Waals surface area contributed by atoms with Gasteiger partial charge in [0.2, 0.25) is 0 Å². The molecule has 1 aromatic carbocycles. The number of nitrogens with zero attached hydrogens (tertiary/aromatic N) is 3. The summed E-state index contributed by atoms with van der Waals surface area (Å²) in [5, 5.41) is 4.28. The lowest BCUT2D eigenvalue weighted by Gasteiger charge is -2.19. The maximum Gasteiger partial charge on any atom is 0.137 e. The second-order valence-electron chi connectivity index (χ2n) is 4.39. The summed E-state index contributed by atoms with van der Waals surface area (Å²) < 4.78 is 2.02. The van der Waals surface area contributed by atoms with Crippen LogP contribution in [0.1, 0.15) is 36.8 Å². The Morgan fingerprint density at radius 1 is 1.12 bits per heavy atom. The van der Waals surface area contributed by atoms with Crippen molar-refractivity contribution in [3.63, 3.8) is 0 Å². The third kappa shape index (κ3) is 1.62. The average Bonchev–Trinajstić information content (AvgIpc) is 3.01. The molecule has 2 atom stereocenters. The Balaban J connectivity index is 1.90. The molecule has 1 aromatic heterocycles. The predicted molar refractivity (Wildman–Crippen MR) is 62.1 cm³/mol. The van der Waals surface area contributed by atoms with Crippen molar-refractivity contribution in [2.45, 2.75) is 31.2 Å². The van der Waals surface area contributed by atoms with E-state index in [-0.39, 0.29) is 0 Å². The van der Waals surface area contributed by atoms with Crippen LogP contribution in [-0.2, 0) is 0 Å². The van der Waals surface area contributed by atoms with Crippen molar-refractivity contribution >= 4 is 0 Å². The summed E-state index contributed by atoms with van der Waals surface area (Å²) in [4.78, 5) is 4.05. The topological polar surface area (TPSA) is 30.7 Å². The lowest BCUT2D eigenvalue weighted by Crippen LogP contribution is -2.13. The molecular formula is C13H15N3. The Kier molecular flexibility index (Phi) is 2.44. The Hall–Kier alpha value is -1.64. The van der Waals surface area contributed by atoms with Gasteiger partial charge in [0.05, 0.1) is 6.04 Å². The summed E-state index contributed by atoms with van der Waals surface area (Å²) in [6, 6.07) is 11.2. The third-order valence-corrected chi connectivity index (χ3v) is 3.48. The molecule has 3 rings (SSSR count). The molecular weight excluding hydrogens is 198 g/mol. The molecule has 1 aliphatic rings. The molecule has 0 spiro atoms. The first-order valence-electron chi connectivity index (χ1n) is 5.84. The fourth-order valence-corrected chi connectivity index (χ4v) is 2.73. The summed E-state index contributed by atoms with van der Waals surface area (Å²) in [5.74, 6) is 0.600. The molecule has 1 fully saturated rings. The molecule has 0 radical (unpaired) electrons. The normalized spacial score (nSPS) is 24.8. The molecule has 0 aliphatic heterocycles. The quantitative estimate of drug-likeness (QED) is 0.768. The van der Waals surface area contributed by atoms with Gasteiger partial charge in [-0.3, -0.25) is 0 Å². The second kappa shape index (κ2) is 4.08. The smallest absolute Gasteiger partial charge is 0.137 e. The van der Waals surface area contributed by atoms with Crippen molar-refractivity contribution in [1.29, 1.82) is 0 Å². The van der Waals surface area contributed by atoms with Gasteiger partial charge in [-0.25, -0.2) is 9.67 Å². The van der Waals surface area contributed by atoms with Gasteiger partial charge in [0.1, 0.15) is 12.7 Å². The molecule has 2 unspecified atom stereocenters. The van der Waals surface area contributed by atoms with Crippen LogP contribution >= 0.6 is 0 Å². The molecule has 82 valence electrons. The number of hydrogen-bond donors (Lipinski definition) is 0. The molecule has 1 saturated carbocycles. The number of hydrogen-bond acceptors (Lipinski definition) is 2. The van der Waals surface area contributed by atoms with Crippen molar-refractivity contribution in [1.82, 2.24) is 14.8 Å². The van der Waals surface area contributed by atoms with Gasteiger partial charge in [-0.2, -0.15) is 5.10 Å². The highest BCUT2D eigenvalue weighted by Gasteiger charge is 2.30. The fraction of sp³-hybridized carbons (Fsp3) is 0.385. The highest BCUT2D eigenvalue weighted by molar-refractivity contribution is 5.22. The van der Waals surface area contributed by atoms with Crippen molar-refractivity contribution in [3.05, 3.63) is 48.5 Å². The number of aromatic nitrogens is 3. The van der Waals surface area contributed by atoms with Gasteiger partial charge in [-0.15, -0.1) is 0 Å². The van der Waals surface area contributed by atoms with E-state index in [1.165, 1.54) is 24.8 Å². The van der Waals surface area contributed by atoms with Crippen LogP contribution in [0.3, 0.4) is 0 Å². The molecule has 3 nitrogen and oxygen atoms in total. The van der Waals surface area contributed by atoms with Gasteiger partial charge in [-0.05, 0) is 18.4 Å². The van der Waals surface area contributed by atoms with E-state index in [4.69, 9.17) is 0 Å². The van der Waals surface area contributed by atoms with Gasteiger partial charge in [-0.1, -0.05) is 36.8 Å². The molecule has 0 N–H and O–H groups in total. The Morgan fingerprint density at radius 3 is 2.75 bits per heavy atom. The second-order valence-corrected chi connectivity index (χ2v) is 4.39. The maximum atomic E-state index is 4.28. The van der Waals surface area contributed by atoms with E-state index in [2.05, 4.69) is 40.4 Å². The van der Waals surface area contributed by atoms with Gasteiger partial charge in [0, 0.05) is 5.92 Å². The van der Waals surface area contributed by atoms with Gasteiger partial charge >= 0.3 is 0 Å². The largest absolute Gasteiger partial charge is 0.249 e. The lowest BCUT2D eigenvalue weighted by molar-refractivity contribution is 0.422. The average molecular weight is 213 g/mol. The van der Waals surface area contributed by atoms with Crippen LogP contribution in [0.2, 0.25) is 0 Å². The van der Waals surface area contributed by atoms with E-state index in [0.29, 0.717) is 12.0 Å². The molecule has 3 heteroatoms. The van der Waals surface area contributed by atoms with E-state index in [0.717, 1.165) is 0 Å². The number of benzene rings is 1. The van der Waals surface area contributed by atoms with E-state index in [1.807, 2.05) is 11.0 Å². The van der Waals surface area contributed by atoms with Crippen LogP contribution < -0.4 is 0 Å². The third-order valence-electron chi connectivity index (χ3n) is 3.48. The van der Waals surface area contributed by atoms with E-state index in [1.54, 1.807) is 6.33 Å². The summed E-state index contributed by atoms with van der Waals surface area (Å²) in [7, 11) is 0. The molecule has 2 aromatic rings. The standard InChI is InChI=1S/C13H15N3/c1-2-5-11(6-3-1)12-7-4-8-13(12)16-10-14-9-15-16/h1-3,5-6,9-10,12-13H,4,7-8H2. The predicted octanol–water partition coefficient (Wildman–Crippen LogP) is 2.79. The molecule has 16 heavy (non-hydrogen) atoms. The minimum absolute atomic E-state index is 0.491. The van der Waals surface area contributed by atoms with Crippen LogP contribution in [0.25, 0.3) is 0 Å². The maximum absolute atomic E-state index is 4.28. The summed E-state index contributed by atoms with van der Waals surface area (Å²) in [6.07, 6.45) is 7.22. The van der Waals surface area contributed by atoms with Crippen molar-refractivity contribution in [2.75, 3.05) is 0 Å². The monoisotopic (exact) mass is 213 g/mol. The summed E-state index contributed by atoms with van der Waals surface area (Å²) >= 11 is 0. The summed E-state index contributed by atoms with van der Waals surface area (Å²) in [5.41, 5.74) is 1.43. The van der Waals surface area contributed by atoms with Crippen molar-refractivity contribution < 1.29 is 0 Å². The molecule has 1 aliphatic carbocycles. The first-order chi connectivity index (χ1) is 7.95. The lowest BCUT2D eigenvalue weighted by atomic mass is 9.94. The first kappa shape index (κ1) is 9.58. The van der Waals surface area contributed by atoms with Gasteiger partial charge in [0.25, 0.3) is 0 Å². The van der Waals surface area contributed by atoms with Crippen molar-refractivity contribution in [3.8, 4) is 0 Å². The highest BCUT2D eigenvalue weighted by Crippen LogP contribution is 2.42. The van der Waals surface area contributed by atoms with Gasteiger partial charge < -0.3 is 0 Å². The zero-order valence-electron chi connectivity index (χ0n) is 9.16. The van der Waals surface area contributed by atoms with Crippen LogP contribution in [0.5, 0.6) is 0 Å². The van der Waals surface area contributed by atoms with Gasteiger partial charge in [0.15, 0.2) is 0 Å². The van der Waals surface area contributed by atoms with Crippen LogP contribution in [0, 0.1) is 0 Å². The number of rotatable bonds is 2. The highest BCUT2D eigenvalue weighted by atomic mass is 15.3. The molecule has 0 amide bonds. The Morgan fingerprint density at radius 2 is 2.00 bits per heavy atom. The first-order valence-corrected chi connectivity index (χ1v) is 5.84. The van der Waals surface area contributed by atoms with E-state index >= 15 is 0 Å². The Bertz CT molecular complexity index is 435. The summed E-state index contributed by atoms with van der Waals surface area (Å²) in [6.45, 7) is 0. The SMILES string of the molecule is c1ccc(C2CCCC2n2cncn2)cc1. The van der Waals surface area contributed by atoms with Crippen LogP contribution in [-0.4, -0.2) is 14.8 Å². The molecule has 0 saturated heterocycles. The Labute approximate surface area is 95.1 Å². The molecule has 1 heterocycles. The van der Waals surface area contributed by atoms with Crippen molar-refractivity contribution in [2.24, 2.45) is 0 Å². The molecule has 0 bridgehead atoms. The van der Waals surface area contributed by atoms with Crippen LogP contribution in [0.4, 0.5) is 0 Å². The minimum atomic E-state index is 0.491. The van der Waals surface area contributed by atoms with E-state index in [9.17, 15) is 0 Å². The zero-order valence-corrected chi connectivity index (χ0v) is 9.16. The van der Waals surface area contributed by atoms with E-state index < -0.39 is 0 Å². The minimum Gasteiger partial charge on any atom is -0.249 e. The van der Waals surface area contributed by atoms with Crippen LogP contribution in [0.15, 0.2) is 43.0 Å². The fourth-order valence-electron chi connectivity index (χ4n) is 2.73.